The Bertz CT molecular complexity index is 876. The van der Waals surface area contributed by atoms with E-state index in [1.165, 1.54) is 4.88 Å². The number of rotatable bonds is 4. The van der Waals surface area contributed by atoms with Crippen LogP contribution in [0.5, 0.6) is 5.75 Å². The van der Waals surface area contributed by atoms with Crippen LogP contribution in [-0.2, 0) is 11.3 Å². The Hall–Kier alpha value is -2.38. The lowest BCUT2D eigenvalue weighted by Gasteiger charge is -2.35. The maximum atomic E-state index is 12.1. The van der Waals surface area contributed by atoms with Gasteiger partial charge in [-0.3, -0.25) is 4.79 Å². The van der Waals surface area contributed by atoms with Crippen LogP contribution < -0.4 is 15.0 Å². The van der Waals surface area contributed by atoms with E-state index in [1.54, 1.807) is 29.7 Å². The molecule has 3 heterocycles. The molecule has 0 aliphatic carbocycles. The normalized spacial score (nSPS) is 16.2. The Morgan fingerprint density at radius 3 is 3.00 bits per heavy atom. The van der Waals surface area contributed by atoms with E-state index in [-0.39, 0.29) is 5.91 Å². The summed E-state index contributed by atoms with van der Waals surface area (Å²) in [7, 11) is 1.63. The molecule has 1 N–H and O–H groups in total. The highest BCUT2D eigenvalue weighted by atomic mass is 32.1. The maximum absolute atomic E-state index is 12.1. The lowest BCUT2D eigenvalue weighted by atomic mass is 10.1. The van der Waals surface area contributed by atoms with E-state index in [2.05, 4.69) is 27.0 Å². The van der Waals surface area contributed by atoms with Gasteiger partial charge in [-0.05, 0) is 23.6 Å². The van der Waals surface area contributed by atoms with Crippen molar-refractivity contribution in [2.45, 2.75) is 12.6 Å². The highest BCUT2D eigenvalue weighted by Gasteiger charge is 2.30. The summed E-state index contributed by atoms with van der Waals surface area (Å²) in [6.07, 6.45) is -0.518. The molecule has 25 heavy (non-hydrogen) atoms. The fraction of sp³-hybridized carbons (Fsp3) is 0.222. The van der Waals surface area contributed by atoms with Crippen molar-refractivity contribution in [2.24, 2.45) is 0 Å². The molecule has 1 unspecified atom stereocenters. The number of fused-ring (bicyclic) bond motifs is 1. The first-order valence-corrected chi connectivity index (χ1v) is 9.71. The van der Waals surface area contributed by atoms with Crippen molar-refractivity contribution in [3.05, 3.63) is 52.9 Å². The lowest BCUT2D eigenvalue weighted by molar-refractivity contribution is -0.127. The van der Waals surface area contributed by atoms with E-state index in [4.69, 9.17) is 9.72 Å². The minimum absolute atomic E-state index is 0.114. The van der Waals surface area contributed by atoms with Gasteiger partial charge in [0.15, 0.2) is 6.10 Å². The van der Waals surface area contributed by atoms with Gasteiger partial charge in [0, 0.05) is 12.4 Å². The third-order valence-electron chi connectivity index (χ3n) is 4.04. The van der Waals surface area contributed by atoms with Crippen LogP contribution in [0.25, 0.3) is 9.88 Å². The van der Waals surface area contributed by atoms with E-state index in [1.807, 2.05) is 30.3 Å². The number of aromatic nitrogens is 1. The van der Waals surface area contributed by atoms with Crippen LogP contribution in [0, 0.1) is 0 Å². The summed E-state index contributed by atoms with van der Waals surface area (Å²) in [5.41, 5.74) is 1.99. The number of anilines is 1. The van der Waals surface area contributed by atoms with Crippen LogP contribution in [-0.4, -0.2) is 30.6 Å². The van der Waals surface area contributed by atoms with Gasteiger partial charge in [0.25, 0.3) is 5.91 Å². The molecule has 0 fully saturated rings. The third-order valence-corrected chi connectivity index (χ3v) is 5.97. The molecule has 1 aliphatic heterocycles. The van der Waals surface area contributed by atoms with E-state index < -0.39 is 6.10 Å². The molecule has 0 spiro atoms. The molecule has 0 radical (unpaired) electrons. The molecule has 1 aliphatic rings. The van der Waals surface area contributed by atoms with Crippen molar-refractivity contribution in [3.8, 4) is 15.6 Å². The van der Waals surface area contributed by atoms with Crippen molar-refractivity contribution in [3.63, 3.8) is 0 Å². The molecular weight excluding hydrogens is 354 g/mol. The number of carbonyl (C=O) groups excluding carboxylic acids is 1. The number of likely N-dealkylation sites (N-methyl/N-ethyl adjacent to an activating group) is 1. The number of nitrogens with zero attached hydrogens (tertiary/aromatic N) is 2. The molecule has 4 rings (SSSR count). The topological polar surface area (TPSA) is 54.5 Å². The Morgan fingerprint density at radius 2 is 2.20 bits per heavy atom. The number of carbonyl (C=O) groups is 1. The monoisotopic (exact) mass is 371 g/mol. The number of amides is 1. The standard InChI is InChI=1S/C18H17N3O2S2/c1-19-17(22)15-10-21(13-5-2-3-6-14(13)23-15)9-12-11-25-18(20-12)16-7-4-8-24-16/h2-8,11,15H,9-10H2,1H3,(H,19,22). The van der Waals surface area contributed by atoms with Gasteiger partial charge < -0.3 is 15.0 Å². The van der Waals surface area contributed by atoms with Crippen LogP contribution in [0.4, 0.5) is 5.69 Å². The Morgan fingerprint density at radius 1 is 1.32 bits per heavy atom. The molecule has 2 aromatic heterocycles. The zero-order valence-electron chi connectivity index (χ0n) is 13.6. The zero-order chi connectivity index (χ0) is 17.2. The Kier molecular flexibility index (Phi) is 4.42. The number of ether oxygens (including phenoxy) is 1. The number of hydrogen-bond acceptors (Lipinski definition) is 6. The second-order valence-corrected chi connectivity index (χ2v) is 7.50. The molecule has 1 atom stereocenters. The largest absolute Gasteiger partial charge is 0.477 e. The van der Waals surface area contributed by atoms with Crippen LogP contribution in [0.2, 0.25) is 0 Å². The molecule has 0 bridgehead atoms. The first-order valence-electron chi connectivity index (χ1n) is 7.95. The summed E-state index contributed by atoms with van der Waals surface area (Å²) in [6, 6.07) is 11.9. The summed E-state index contributed by atoms with van der Waals surface area (Å²) in [4.78, 5) is 20.2. The van der Waals surface area contributed by atoms with Crippen LogP contribution >= 0.6 is 22.7 Å². The number of thiophene rings is 1. The average molecular weight is 371 g/mol. The number of para-hydroxylation sites is 2. The summed E-state index contributed by atoms with van der Waals surface area (Å²) in [5, 5.41) is 7.85. The van der Waals surface area contributed by atoms with Crippen LogP contribution in [0.3, 0.4) is 0 Å². The summed E-state index contributed by atoms with van der Waals surface area (Å²) in [5.74, 6) is 0.619. The molecule has 5 nitrogen and oxygen atoms in total. The second kappa shape index (κ2) is 6.85. The van der Waals surface area contributed by atoms with Gasteiger partial charge in [0.05, 0.1) is 29.3 Å². The van der Waals surface area contributed by atoms with Gasteiger partial charge in [-0.25, -0.2) is 4.98 Å². The minimum atomic E-state index is -0.518. The Labute approximate surface area is 153 Å². The molecule has 0 saturated carbocycles. The SMILES string of the molecule is CNC(=O)C1CN(Cc2csc(-c3cccs3)n2)c2ccccc2O1. The molecule has 1 amide bonds. The van der Waals surface area contributed by atoms with Gasteiger partial charge >= 0.3 is 0 Å². The minimum Gasteiger partial charge on any atom is -0.477 e. The summed E-state index contributed by atoms with van der Waals surface area (Å²) < 4.78 is 5.85. The molecule has 128 valence electrons. The van der Waals surface area contributed by atoms with Crippen LogP contribution in [0.1, 0.15) is 5.69 Å². The Balaban J connectivity index is 1.59. The van der Waals surface area contributed by atoms with E-state index in [9.17, 15) is 4.79 Å². The van der Waals surface area contributed by atoms with Gasteiger partial charge in [0.1, 0.15) is 10.8 Å². The van der Waals surface area contributed by atoms with E-state index >= 15 is 0 Å². The van der Waals surface area contributed by atoms with E-state index in [0.29, 0.717) is 13.1 Å². The fourth-order valence-corrected chi connectivity index (χ4v) is 4.47. The smallest absolute Gasteiger partial charge is 0.262 e. The number of hydrogen-bond donors (Lipinski definition) is 1. The van der Waals surface area contributed by atoms with Crippen LogP contribution in [0.15, 0.2) is 47.2 Å². The number of thiazole rings is 1. The number of nitrogens with one attached hydrogen (secondary N) is 1. The van der Waals surface area contributed by atoms with Gasteiger partial charge in [-0.15, -0.1) is 22.7 Å². The fourth-order valence-electron chi connectivity index (χ4n) is 2.84. The lowest BCUT2D eigenvalue weighted by Crippen LogP contribution is -2.47. The summed E-state index contributed by atoms with van der Waals surface area (Å²) in [6.45, 7) is 1.15. The molecule has 7 heteroatoms. The predicted molar refractivity (Wildman–Crippen MR) is 101 cm³/mol. The molecular formula is C18H17N3O2S2. The highest BCUT2D eigenvalue weighted by molar-refractivity contribution is 7.20. The molecule has 0 saturated heterocycles. The highest BCUT2D eigenvalue weighted by Crippen LogP contribution is 2.35. The van der Waals surface area contributed by atoms with Crippen molar-refractivity contribution >= 4 is 34.3 Å². The average Bonchev–Trinajstić information content (AvgIpc) is 3.32. The van der Waals surface area contributed by atoms with Crippen molar-refractivity contribution < 1.29 is 9.53 Å². The third kappa shape index (κ3) is 3.25. The van der Waals surface area contributed by atoms with Gasteiger partial charge in [-0.2, -0.15) is 0 Å². The van der Waals surface area contributed by atoms with Gasteiger partial charge in [-0.1, -0.05) is 18.2 Å². The maximum Gasteiger partial charge on any atom is 0.262 e. The predicted octanol–water partition coefficient (Wildman–Crippen LogP) is 3.39. The van der Waals surface area contributed by atoms with E-state index in [0.717, 1.165) is 22.1 Å². The van der Waals surface area contributed by atoms with Crippen molar-refractivity contribution in [1.29, 1.82) is 0 Å². The molecule has 1 aromatic carbocycles. The second-order valence-electron chi connectivity index (χ2n) is 5.69. The number of benzene rings is 1. The first-order chi connectivity index (χ1) is 12.2. The summed E-state index contributed by atoms with van der Waals surface area (Å²) >= 11 is 3.34. The van der Waals surface area contributed by atoms with Gasteiger partial charge in [0.2, 0.25) is 0 Å². The zero-order valence-corrected chi connectivity index (χ0v) is 15.3. The first kappa shape index (κ1) is 16.1. The van der Waals surface area contributed by atoms with Crippen molar-refractivity contribution in [2.75, 3.05) is 18.5 Å². The quantitative estimate of drug-likeness (QED) is 0.764. The van der Waals surface area contributed by atoms with Crippen molar-refractivity contribution in [1.82, 2.24) is 10.3 Å². The molecule has 3 aromatic rings.